The van der Waals surface area contributed by atoms with E-state index in [2.05, 4.69) is 24.1 Å². The Morgan fingerprint density at radius 1 is 1.14 bits per heavy atom. The molecule has 1 saturated heterocycles. The van der Waals surface area contributed by atoms with Crippen LogP contribution in [0.2, 0.25) is 0 Å². The molecule has 0 aromatic heterocycles. The van der Waals surface area contributed by atoms with Crippen molar-refractivity contribution < 1.29 is 31.8 Å². The minimum absolute atomic E-state index is 0.108. The van der Waals surface area contributed by atoms with Gasteiger partial charge in [0.2, 0.25) is 6.79 Å². The van der Waals surface area contributed by atoms with E-state index in [0.717, 1.165) is 50.4 Å². The lowest BCUT2D eigenvalue weighted by atomic mass is 10.00. The van der Waals surface area contributed by atoms with Crippen LogP contribution in [0.25, 0.3) is 0 Å². The summed E-state index contributed by atoms with van der Waals surface area (Å²) in [7, 11) is 0. The lowest BCUT2D eigenvalue weighted by Crippen LogP contribution is -2.50. The molecule has 0 saturated carbocycles. The monoisotopic (exact) mass is 509 g/mol. The zero-order valence-corrected chi connectivity index (χ0v) is 20.4. The average molecular weight is 510 g/mol. The molecule has 0 spiro atoms. The lowest BCUT2D eigenvalue weighted by molar-refractivity contribution is -0.139. The Morgan fingerprint density at radius 2 is 1.86 bits per heavy atom. The molecule has 0 bridgehead atoms. The molecule has 2 aliphatic heterocycles. The SMILES string of the molecule is CCCC(C)N1CCC(N(Cc2ccc3c(c2)OCO3)C(=O)Nc2ccc(F)c(C(F)(F)F)c2)CC1. The van der Waals surface area contributed by atoms with Crippen LogP contribution in [0, 0.1) is 5.82 Å². The molecule has 36 heavy (non-hydrogen) atoms. The Balaban J connectivity index is 1.53. The second-order valence-corrected chi connectivity index (χ2v) is 9.34. The third kappa shape index (κ3) is 6.03. The molecular formula is C26H31F4N3O3. The summed E-state index contributed by atoms with van der Waals surface area (Å²) in [6, 6.07) is 7.71. The Bertz CT molecular complexity index is 1070. The van der Waals surface area contributed by atoms with Crippen LogP contribution in [0.3, 0.4) is 0 Å². The van der Waals surface area contributed by atoms with Gasteiger partial charge in [-0.3, -0.25) is 0 Å². The molecule has 2 aromatic carbocycles. The van der Waals surface area contributed by atoms with E-state index in [-0.39, 0.29) is 25.1 Å². The Labute approximate surface area is 208 Å². The summed E-state index contributed by atoms with van der Waals surface area (Å²) in [5, 5.41) is 2.56. The molecule has 0 radical (unpaired) electrons. The molecule has 1 unspecified atom stereocenters. The van der Waals surface area contributed by atoms with Gasteiger partial charge in [-0.1, -0.05) is 19.4 Å². The quantitative estimate of drug-likeness (QED) is 0.448. The number of piperidine rings is 1. The summed E-state index contributed by atoms with van der Waals surface area (Å²) in [4.78, 5) is 17.4. The summed E-state index contributed by atoms with van der Waals surface area (Å²) >= 11 is 0. The number of nitrogens with zero attached hydrogens (tertiary/aromatic N) is 2. The minimum atomic E-state index is -4.86. The van der Waals surface area contributed by atoms with Gasteiger partial charge >= 0.3 is 12.2 Å². The fourth-order valence-corrected chi connectivity index (χ4v) is 4.86. The van der Waals surface area contributed by atoms with Crippen LogP contribution >= 0.6 is 0 Å². The predicted octanol–water partition coefficient (Wildman–Crippen LogP) is 6.26. The van der Waals surface area contributed by atoms with E-state index in [0.29, 0.717) is 29.7 Å². The molecule has 196 valence electrons. The van der Waals surface area contributed by atoms with Crippen LogP contribution in [0.4, 0.5) is 28.0 Å². The van der Waals surface area contributed by atoms with Crippen molar-refractivity contribution in [3.63, 3.8) is 0 Å². The Hall–Kier alpha value is -3.01. The Morgan fingerprint density at radius 3 is 2.56 bits per heavy atom. The van der Waals surface area contributed by atoms with E-state index in [4.69, 9.17) is 9.47 Å². The third-order valence-corrected chi connectivity index (χ3v) is 6.84. The minimum Gasteiger partial charge on any atom is -0.454 e. The summed E-state index contributed by atoms with van der Waals surface area (Å²) in [6.07, 6.45) is -1.19. The largest absolute Gasteiger partial charge is 0.454 e. The second kappa shape index (κ2) is 10.9. The van der Waals surface area contributed by atoms with Gasteiger partial charge in [0.15, 0.2) is 11.5 Å². The second-order valence-electron chi connectivity index (χ2n) is 9.34. The fourth-order valence-electron chi connectivity index (χ4n) is 4.86. The molecule has 2 aromatic rings. The summed E-state index contributed by atoms with van der Waals surface area (Å²) < 4.78 is 64.1. The van der Waals surface area contributed by atoms with E-state index in [9.17, 15) is 22.4 Å². The first-order valence-corrected chi connectivity index (χ1v) is 12.2. The van der Waals surface area contributed by atoms with Crippen molar-refractivity contribution in [1.29, 1.82) is 0 Å². The van der Waals surface area contributed by atoms with Gasteiger partial charge in [0.25, 0.3) is 0 Å². The fraction of sp³-hybridized carbons (Fsp3) is 0.500. The predicted molar refractivity (Wildman–Crippen MR) is 127 cm³/mol. The number of likely N-dealkylation sites (tertiary alicyclic amines) is 1. The van der Waals surface area contributed by atoms with Gasteiger partial charge in [0, 0.05) is 37.4 Å². The van der Waals surface area contributed by atoms with Gasteiger partial charge in [-0.25, -0.2) is 9.18 Å². The smallest absolute Gasteiger partial charge is 0.419 e. The highest BCUT2D eigenvalue weighted by atomic mass is 19.4. The van der Waals surface area contributed by atoms with Gasteiger partial charge in [-0.2, -0.15) is 13.2 Å². The normalized spacial score (nSPS) is 17.2. The van der Waals surface area contributed by atoms with Crippen LogP contribution in [0.15, 0.2) is 36.4 Å². The van der Waals surface area contributed by atoms with Crippen molar-refractivity contribution in [2.45, 2.75) is 64.3 Å². The number of benzene rings is 2. The Kier molecular flexibility index (Phi) is 7.92. The van der Waals surface area contributed by atoms with Crippen molar-refractivity contribution in [2.24, 2.45) is 0 Å². The number of carbonyl (C=O) groups is 1. The number of carbonyl (C=O) groups excluding carboxylic acids is 1. The first-order chi connectivity index (χ1) is 17.2. The van der Waals surface area contributed by atoms with Gasteiger partial charge in [-0.15, -0.1) is 0 Å². The first kappa shape index (κ1) is 26.1. The number of rotatable bonds is 7. The van der Waals surface area contributed by atoms with Gasteiger partial charge in [0.05, 0.1) is 5.56 Å². The van der Waals surface area contributed by atoms with Gasteiger partial charge in [-0.05, 0) is 62.1 Å². The number of alkyl halides is 3. The standard InChI is InChI=1S/C26H31F4N3O3/c1-3-4-17(2)32-11-9-20(10-12-32)33(15-18-5-8-23-24(13-18)36-16-35-23)25(34)31-19-6-7-22(27)21(14-19)26(28,29)30/h5-8,13-14,17,20H,3-4,9-12,15-16H2,1-2H3,(H,31,34). The summed E-state index contributed by atoms with van der Waals surface area (Å²) in [6.45, 7) is 6.37. The van der Waals surface area contributed by atoms with E-state index < -0.39 is 23.6 Å². The van der Waals surface area contributed by atoms with Crippen molar-refractivity contribution >= 4 is 11.7 Å². The van der Waals surface area contributed by atoms with Crippen LogP contribution in [-0.2, 0) is 12.7 Å². The van der Waals surface area contributed by atoms with Crippen LogP contribution in [-0.4, -0.2) is 47.8 Å². The molecule has 2 heterocycles. The highest BCUT2D eigenvalue weighted by molar-refractivity contribution is 5.89. The van der Waals surface area contributed by atoms with E-state index in [1.54, 1.807) is 17.0 Å². The van der Waals surface area contributed by atoms with Crippen molar-refractivity contribution in [3.8, 4) is 11.5 Å². The molecule has 1 N–H and O–H groups in total. The van der Waals surface area contributed by atoms with Crippen molar-refractivity contribution in [2.75, 3.05) is 25.2 Å². The van der Waals surface area contributed by atoms with Crippen LogP contribution in [0.5, 0.6) is 11.5 Å². The number of anilines is 1. The molecule has 2 aliphatic rings. The molecule has 4 rings (SSSR count). The number of fused-ring (bicyclic) bond motifs is 1. The van der Waals surface area contributed by atoms with E-state index in [1.807, 2.05) is 6.07 Å². The highest BCUT2D eigenvalue weighted by Crippen LogP contribution is 2.35. The summed E-state index contributed by atoms with van der Waals surface area (Å²) in [5.41, 5.74) is -0.717. The molecule has 10 heteroatoms. The topological polar surface area (TPSA) is 54.0 Å². The van der Waals surface area contributed by atoms with Crippen LogP contribution < -0.4 is 14.8 Å². The van der Waals surface area contributed by atoms with Crippen molar-refractivity contribution in [1.82, 2.24) is 9.80 Å². The summed E-state index contributed by atoms with van der Waals surface area (Å²) in [5.74, 6) is -0.172. The maximum absolute atomic E-state index is 13.7. The molecule has 1 atom stereocenters. The van der Waals surface area contributed by atoms with Crippen LogP contribution in [0.1, 0.15) is 50.7 Å². The average Bonchev–Trinajstić information content (AvgIpc) is 3.31. The number of amides is 2. The molecular weight excluding hydrogens is 478 g/mol. The van der Waals surface area contributed by atoms with Gasteiger partial charge < -0.3 is 24.6 Å². The molecule has 1 fully saturated rings. The maximum Gasteiger partial charge on any atom is 0.419 e. The van der Waals surface area contributed by atoms with E-state index in [1.165, 1.54) is 0 Å². The number of ether oxygens (including phenoxy) is 2. The van der Waals surface area contributed by atoms with Gasteiger partial charge in [0.1, 0.15) is 5.82 Å². The maximum atomic E-state index is 13.7. The molecule has 0 aliphatic carbocycles. The number of hydrogen-bond acceptors (Lipinski definition) is 4. The number of hydrogen-bond donors (Lipinski definition) is 1. The molecule has 2 amide bonds. The first-order valence-electron chi connectivity index (χ1n) is 12.2. The zero-order valence-electron chi connectivity index (χ0n) is 20.4. The number of halogens is 4. The van der Waals surface area contributed by atoms with Crippen molar-refractivity contribution in [3.05, 3.63) is 53.3 Å². The number of urea groups is 1. The lowest BCUT2D eigenvalue weighted by Gasteiger charge is -2.40. The highest BCUT2D eigenvalue weighted by Gasteiger charge is 2.35. The third-order valence-electron chi connectivity index (χ3n) is 6.84. The number of nitrogens with one attached hydrogen (secondary N) is 1. The zero-order chi connectivity index (χ0) is 25.9. The molecule has 6 nitrogen and oxygen atoms in total. The van der Waals surface area contributed by atoms with E-state index >= 15 is 0 Å².